The van der Waals surface area contributed by atoms with Crippen LogP contribution in [0.4, 0.5) is 10.5 Å². The first-order chi connectivity index (χ1) is 13.2. The van der Waals surface area contributed by atoms with Crippen LogP contribution >= 0.6 is 0 Å². The number of ether oxygens (including phenoxy) is 1. The molecule has 2 atom stereocenters. The minimum atomic E-state index is -0.287. The number of pyridine rings is 2. The number of hydrogen-bond donors (Lipinski definition) is 2. The number of nitrogens with one attached hydrogen (secondary N) is 2. The Hall–Kier alpha value is -2.83. The number of aromatic amines is 1. The third kappa shape index (κ3) is 3.07. The van der Waals surface area contributed by atoms with Crippen LogP contribution in [0, 0.1) is 0 Å². The summed E-state index contributed by atoms with van der Waals surface area (Å²) in [6.45, 7) is 2.89. The average Bonchev–Trinajstić information content (AvgIpc) is 3.34. The Bertz CT molecular complexity index is 996. The lowest BCUT2D eigenvalue weighted by Crippen LogP contribution is -2.47. The summed E-state index contributed by atoms with van der Waals surface area (Å²) < 4.78 is 5.70. The van der Waals surface area contributed by atoms with Gasteiger partial charge >= 0.3 is 6.09 Å². The van der Waals surface area contributed by atoms with Gasteiger partial charge in [-0.2, -0.15) is 0 Å². The summed E-state index contributed by atoms with van der Waals surface area (Å²) in [6.07, 6.45) is 11.1. The van der Waals surface area contributed by atoms with Crippen LogP contribution in [0.5, 0.6) is 0 Å². The summed E-state index contributed by atoms with van der Waals surface area (Å²) >= 11 is 0. The van der Waals surface area contributed by atoms with E-state index >= 15 is 0 Å². The van der Waals surface area contributed by atoms with E-state index in [1.807, 2.05) is 24.8 Å². The van der Waals surface area contributed by atoms with Gasteiger partial charge in [0, 0.05) is 46.8 Å². The first-order valence-electron chi connectivity index (χ1n) is 9.62. The van der Waals surface area contributed by atoms with Gasteiger partial charge in [-0.3, -0.25) is 4.98 Å². The highest BCUT2D eigenvalue weighted by Gasteiger charge is 2.31. The molecule has 3 aromatic rings. The predicted octanol–water partition coefficient (Wildman–Crippen LogP) is 3.36. The fourth-order valence-electron chi connectivity index (χ4n) is 3.96. The van der Waals surface area contributed by atoms with Crippen LogP contribution in [-0.4, -0.2) is 45.8 Å². The van der Waals surface area contributed by atoms with Gasteiger partial charge in [0.25, 0.3) is 0 Å². The summed E-state index contributed by atoms with van der Waals surface area (Å²) in [5.74, 6) is 0. The molecule has 1 amide bonds. The van der Waals surface area contributed by atoms with Crippen molar-refractivity contribution in [1.82, 2.24) is 20.3 Å². The lowest BCUT2D eigenvalue weighted by molar-refractivity contribution is 0.0835. The topological polar surface area (TPSA) is 83.1 Å². The van der Waals surface area contributed by atoms with Gasteiger partial charge in [0.15, 0.2) is 0 Å². The normalized spacial score (nSPS) is 22.9. The minimum absolute atomic E-state index is 0.112. The van der Waals surface area contributed by atoms with Gasteiger partial charge in [-0.15, -0.1) is 0 Å². The van der Waals surface area contributed by atoms with E-state index in [0.29, 0.717) is 18.6 Å². The summed E-state index contributed by atoms with van der Waals surface area (Å²) in [7, 11) is 0. The lowest BCUT2D eigenvalue weighted by Gasteiger charge is -2.39. The number of aromatic nitrogens is 3. The number of amides is 1. The summed E-state index contributed by atoms with van der Waals surface area (Å²) in [5.41, 5.74) is 1.94. The van der Waals surface area contributed by atoms with Crippen molar-refractivity contribution in [3.63, 3.8) is 0 Å². The molecule has 0 aromatic carbocycles. The maximum Gasteiger partial charge on any atom is 0.407 e. The maximum absolute atomic E-state index is 12.1. The Morgan fingerprint density at radius 2 is 2.15 bits per heavy atom. The first-order valence-corrected chi connectivity index (χ1v) is 9.62. The van der Waals surface area contributed by atoms with Crippen molar-refractivity contribution in [2.24, 2.45) is 0 Å². The Morgan fingerprint density at radius 3 is 3.00 bits per heavy atom. The van der Waals surface area contributed by atoms with E-state index in [1.54, 1.807) is 0 Å². The molecule has 4 heterocycles. The number of rotatable bonds is 3. The number of anilines is 1. The van der Waals surface area contributed by atoms with E-state index < -0.39 is 0 Å². The third-order valence-electron chi connectivity index (χ3n) is 5.60. The number of H-pyrrole nitrogens is 1. The lowest BCUT2D eigenvalue weighted by atomic mass is 9.99. The van der Waals surface area contributed by atoms with Gasteiger partial charge in [0.05, 0.1) is 18.4 Å². The average molecular weight is 365 g/mol. The number of hydrogen-bond acceptors (Lipinski definition) is 5. The zero-order valence-electron chi connectivity index (χ0n) is 15.3. The first kappa shape index (κ1) is 16.4. The van der Waals surface area contributed by atoms with Gasteiger partial charge in [-0.05, 0) is 38.7 Å². The molecule has 2 N–H and O–H groups in total. The summed E-state index contributed by atoms with van der Waals surface area (Å²) in [6, 6.07) is 2.72. The fraction of sp³-hybridized carbons (Fsp3) is 0.450. The van der Waals surface area contributed by atoms with Crippen molar-refractivity contribution < 1.29 is 9.53 Å². The number of carbonyl (C=O) groups is 1. The minimum Gasteiger partial charge on any atom is -0.444 e. The molecule has 7 nitrogen and oxygen atoms in total. The third-order valence-corrected chi connectivity index (χ3v) is 5.60. The van der Waals surface area contributed by atoms with E-state index in [4.69, 9.17) is 4.74 Å². The van der Waals surface area contributed by atoms with Crippen molar-refractivity contribution in [2.45, 2.75) is 50.8 Å². The molecule has 0 bridgehead atoms. The Morgan fingerprint density at radius 1 is 1.26 bits per heavy atom. The zero-order valence-corrected chi connectivity index (χ0v) is 15.3. The number of piperidine rings is 1. The summed E-state index contributed by atoms with van der Waals surface area (Å²) in [4.78, 5) is 26.5. The Balaban J connectivity index is 1.46. The monoisotopic (exact) mass is 365 g/mol. The predicted molar refractivity (Wildman–Crippen MR) is 104 cm³/mol. The fourth-order valence-corrected chi connectivity index (χ4v) is 3.96. The molecule has 3 aromatic heterocycles. The molecule has 27 heavy (non-hydrogen) atoms. The van der Waals surface area contributed by atoms with Crippen molar-refractivity contribution in [3.8, 4) is 0 Å². The maximum atomic E-state index is 12.1. The molecule has 2 unspecified atom stereocenters. The molecule has 140 valence electrons. The van der Waals surface area contributed by atoms with E-state index in [1.165, 1.54) is 0 Å². The van der Waals surface area contributed by atoms with Crippen LogP contribution in [0.25, 0.3) is 21.8 Å². The van der Waals surface area contributed by atoms with Crippen LogP contribution in [0.1, 0.15) is 32.6 Å². The SMILES string of the molecule is CC1CCC(OC(=O)NC2CC2)CN1c1cncc2cnc3[nH]ccc3c12. The molecule has 0 radical (unpaired) electrons. The van der Waals surface area contributed by atoms with Crippen LogP contribution in [-0.2, 0) is 4.74 Å². The second-order valence-electron chi connectivity index (χ2n) is 7.65. The van der Waals surface area contributed by atoms with E-state index in [0.717, 1.165) is 53.2 Å². The van der Waals surface area contributed by atoms with Gasteiger partial charge in [0.1, 0.15) is 11.8 Å². The quantitative estimate of drug-likeness (QED) is 0.744. The molecule has 5 rings (SSSR count). The largest absolute Gasteiger partial charge is 0.444 e. The highest BCUT2D eigenvalue weighted by atomic mass is 16.6. The molecule has 2 aliphatic rings. The molecule has 2 fully saturated rings. The molecule has 1 saturated heterocycles. The molecule has 1 saturated carbocycles. The molecule has 7 heteroatoms. The second kappa shape index (κ2) is 6.40. The molecule has 1 aliphatic heterocycles. The highest BCUT2D eigenvalue weighted by molar-refractivity contribution is 6.11. The number of fused-ring (bicyclic) bond motifs is 3. The Labute approximate surface area is 157 Å². The van der Waals surface area contributed by atoms with Crippen LogP contribution in [0.3, 0.4) is 0 Å². The molecule has 0 spiro atoms. The van der Waals surface area contributed by atoms with Crippen molar-refractivity contribution >= 4 is 33.6 Å². The summed E-state index contributed by atoms with van der Waals surface area (Å²) in [5, 5.41) is 6.16. The van der Waals surface area contributed by atoms with Crippen molar-refractivity contribution in [3.05, 3.63) is 30.9 Å². The molecular weight excluding hydrogens is 342 g/mol. The molecular formula is C20H23N5O2. The van der Waals surface area contributed by atoms with Gasteiger partial charge in [0.2, 0.25) is 0 Å². The van der Waals surface area contributed by atoms with Gasteiger partial charge in [-0.1, -0.05) is 0 Å². The Kier molecular flexibility index (Phi) is 3.88. The van der Waals surface area contributed by atoms with Crippen LogP contribution in [0.2, 0.25) is 0 Å². The standard InChI is InChI=1S/C20H23N5O2/c1-12-2-5-15(27-20(26)24-14-3-4-14)11-25(12)17-10-21-8-13-9-23-19-16(18(13)17)6-7-22-19/h6-10,12,14-15H,2-5,11H2,1H3,(H,22,23)(H,24,26). The van der Waals surface area contributed by atoms with E-state index in [-0.39, 0.29) is 12.2 Å². The molecule has 1 aliphatic carbocycles. The van der Waals surface area contributed by atoms with Gasteiger partial charge in [-0.25, -0.2) is 9.78 Å². The van der Waals surface area contributed by atoms with Crippen LogP contribution in [0.15, 0.2) is 30.9 Å². The van der Waals surface area contributed by atoms with Gasteiger partial charge < -0.3 is 19.9 Å². The highest BCUT2D eigenvalue weighted by Crippen LogP contribution is 2.35. The number of nitrogens with zero attached hydrogens (tertiary/aromatic N) is 3. The smallest absolute Gasteiger partial charge is 0.407 e. The zero-order chi connectivity index (χ0) is 18.4. The van der Waals surface area contributed by atoms with Crippen molar-refractivity contribution in [1.29, 1.82) is 0 Å². The van der Waals surface area contributed by atoms with Crippen LogP contribution < -0.4 is 10.2 Å². The van der Waals surface area contributed by atoms with E-state index in [9.17, 15) is 4.79 Å². The number of carbonyl (C=O) groups excluding carboxylic acids is 1. The van der Waals surface area contributed by atoms with E-state index in [2.05, 4.69) is 38.2 Å². The second-order valence-corrected chi connectivity index (χ2v) is 7.65. The number of alkyl carbamates (subject to hydrolysis) is 1. The van der Waals surface area contributed by atoms with Crippen molar-refractivity contribution in [2.75, 3.05) is 11.4 Å².